The molecule has 0 aromatic heterocycles. The molecule has 0 spiro atoms. The topological polar surface area (TPSA) is 55.4 Å². The monoisotopic (exact) mass is 295 g/mol. The van der Waals surface area contributed by atoms with Crippen LogP contribution in [0.25, 0.3) is 0 Å². The summed E-state index contributed by atoms with van der Waals surface area (Å²) in [5.74, 6) is -0.471. The number of nitrogens with one attached hydrogen (secondary N) is 1. The molecule has 1 aromatic rings. The molecule has 1 N–H and O–H groups in total. The minimum atomic E-state index is -3.68. The Morgan fingerprint density at radius 1 is 1.50 bits per heavy atom. The van der Waals surface area contributed by atoms with Crippen LogP contribution in [0.5, 0.6) is 0 Å². The van der Waals surface area contributed by atoms with Crippen LogP contribution < -0.4 is 4.72 Å². The Labute approximate surface area is 111 Å². The maximum Gasteiger partial charge on any atom is 0.240 e. The molecule has 0 heterocycles. The molecular weight excluding hydrogens is 281 g/mol. The third kappa shape index (κ3) is 4.20. The van der Waals surface area contributed by atoms with Gasteiger partial charge < -0.3 is 4.74 Å². The van der Waals surface area contributed by atoms with E-state index >= 15 is 0 Å². The zero-order valence-corrected chi connectivity index (χ0v) is 11.7. The molecule has 1 aromatic carbocycles. The number of benzene rings is 1. The van der Waals surface area contributed by atoms with Gasteiger partial charge in [0.15, 0.2) is 0 Å². The van der Waals surface area contributed by atoms with E-state index in [9.17, 15) is 12.8 Å². The number of alkyl halides is 1. The molecule has 102 valence electrons. The highest BCUT2D eigenvalue weighted by Crippen LogP contribution is 2.16. The predicted molar refractivity (Wildman–Crippen MR) is 67.8 cm³/mol. The van der Waals surface area contributed by atoms with Gasteiger partial charge in [-0.1, -0.05) is 0 Å². The number of hydrogen-bond donors (Lipinski definition) is 1. The molecule has 0 saturated heterocycles. The Morgan fingerprint density at radius 2 is 2.17 bits per heavy atom. The van der Waals surface area contributed by atoms with Crippen molar-refractivity contribution in [1.29, 1.82) is 0 Å². The van der Waals surface area contributed by atoms with E-state index in [0.717, 1.165) is 6.07 Å². The summed E-state index contributed by atoms with van der Waals surface area (Å²) in [7, 11) is -2.20. The van der Waals surface area contributed by atoms with E-state index in [-0.39, 0.29) is 18.0 Å². The van der Waals surface area contributed by atoms with E-state index in [1.165, 1.54) is 26.2 Å². The van der Waals surface area contributed by atoms with Crippen molar-refractivity contribution >= 4 is 21.6 Å². The highest BCUT2D eigenvalue weighted by Gasteiger charge is 2.18. The average Bonchev–Trinajstić information content (AvgIpc) is 2.26. The molecule has 0 amide bonds. The van der Waals surface area contributed by atoms with Crippen molar-refractivity contribution in [3.63, 3.8) is 0 Å². The minimum Gasteiger partial charge on any atom is -0.383 e. The van der Waals surface area contributed by atoms with Crippen LogP contribution in [-0.2, 0) is 14.8 Å². The summed E-state index contributed by atoms with van der Waals surface area (Å²) in [6.07, 6.45) is 0. The second-order valence-corrected chi connectivity index (χ2v) is 6.17. The van der Waals surface area contributed by atoms with Gasteiger partial charge >= 0.3 is 0 Å². The Morgan fingerprint density at radius 3 is 2.72 bits per heavy atom. The molecule has 1 atom stereocenters. The molecule has 7 heteroatoms. The smallest absolute Gasteiger partial charge is 0.240 e. The minimum absolute atomic E-state index is 0.0465. The Balaban J connectivity index is 2.80. The molecule has 1 unspecified atom stereocenters. The summed E-state index contributed by atoms with van der Waals surface area (Å²) in [6.45, 7) is 1.83. The molecule has 4 nitrogen and oxygen atoms in total. The van der Waals surface area contributed by atoms with E-state index < -0.39 is 21.2 Å². The number of ether oxygens (including phenoxy) is 1. The van der Waals surface area contributed by atoms with Crippen LogP contribution in [0.15, 0.2) is 23.1 Å². The highest BCUT2D eigenvalue weighted by molar-refractivity contribution is 7.89. The lowest BCUT2D eigenvalue weighted by Gasteiger charge is -2.12. The normalized spacial score (nSPS) is 13.6. The SMILES string of the molecule is COCC(Cl)CNS(=O)(=O)c1ccc(F)cc1C. The standard InChI is InChI=1S/C11H15ClFNO3S/c1-8-5-10(13)3-4-11(8)18(15,16)14-6-9(12)7-17-2/h3-5,9,14H,6-7H2,1-2H3. The molecular formula is C11H15ClFNO3S. The van der Waals surface area contributed by atoms with E-state index in [1.54, 1.807) is 0 Å². The van der Waals surface area contributed by atoms with Gasteiger partial charge in [-0.3, -0.25) is 0 Å². The largest absolute Gasteiger partial charge is 0.383 e. The lowest BCUT2D eigenvalue weighted by atomic mass is 10.2. The Kier molecular flexibility index (Phi) is 5.52. The van der Waals surface area contributed by atoms with Crippen molar-refractivity contribution in [3.05, 3.63) is 29.6 Å². The summed E-state index contributed by atoms with van der Waals surface area (Å²) in [4.78, 5) is 0.0465. The van der Waals surface area contributed by atoms with Gasteiger partial charge in [-0.2, -0.15) is 0 Å². The van der Waals surface area contributed by atoms with Crippen molar-refractivity contribution in [2.75, 3.05) is 20.3 Å². The van der Waals surface area contributed by atoms with Crippen molar-refractivity contribution in [1.82, 2.24) is 4.72 Å². The third-order valence-corrected chi connectivity index (χ3v) is 4.13. The fourth-order valence-corrected chi connectivity index (χ4v) is 3.03. The number of aryl methyl sites for hydroxylation is 1. The predicted octanol–water partition coefficient (Wildman–Crippen LogP) is 1.67. The molecule has 0 radical (unpaired) electrons. The van der Waals surface area contributed by atoms with Crippen molar-refractivity contribution in [2.45, 2.75) is 17.2 Å². The second kappa shape index (κ2) is 6.47. The van der Waals surface area contributed by atoms with E-state index in [0.29, 0.717) is 5.56 Å². The average molecular weight is 296 g/mol. The first kappa shape index (κ1) is 15.4. The molecule has 0 aliphatic carbocycles. The molecule has 0 saturated carbocycles. The van der Waals surface area contributed by atoms with Gasteiger partial charge in [0.25, 0.3) is 0 Å². The number of sulfonamides is 1. The summed E-state index contributed by atoms with van der Waals surface area (Å²) < 4.78 is 43.9. The van der Waals surface area contributed by atoms with Gasteiger partial charge in [0.2, 0.25) is 10.0 Å². The van der Waals surface area contributed by atoms with Crippen LogP contribution in [0.2, 0.25) is 0 Å². The maximum absolute atomic E-state index is 12.9. The fourth-order valence-electron chi connectivity index (χ4n) is 1.43. The van der Waals surface area contributed by atoms with Crippen LogP contribution in [-0.4, -0.2) is 34.1 Å². The van der Waals surface area contributed by atoms with Crippen LogP contribution in [0.4, 0.5) is 4.39 Å². The summed E-state index contributed by atoms with van der Waals surface area (Å²) in [5, 5.41) is -0.453. The highest BCUT2D eigenvalue weighted by atomic mass is 35.5. The van der Waals surface area contributed by atoms with Crippen LogP contribution >= 0.6 is 11.6 Å². The molecule has 0 fully saturated rings. The van der Waals surface area contributed by atoms with Gasteiger partial charge in [-0.25, -0.2) is 17.5 Å². The van der Waals surface area contributed by atoms with Crippen LogP contribution in [0.1, 0.15) is 5.56 Å². The quantitative estimate of drug-likeness (QED) is 0.812. The number of hydrogen-bond acceptors (Lipinski definition) is 3. The first-order chi connectivity index (χ1) is 8.36. The van der Waals surface area contributed by atoms with Crippen LogP contribution in [0.3, 0.4) is 0 Å². The maximum atomic E-state index is 12.9. The number of halogens is 2. The van der Waals surface area contributed by atoms with Crippen molar-refractivity contribution in [2.24, 2.45) is 0 Å². The molecule has 1 rings (SSSR count). The van der Waals surface area contributed by atoms with Crippen molar-refractivity contribution in [3.8, 4) is 0 Å². The number of methoxy groups -OCH3 is 1. The summed E-state index contributed by atoms with van der Waals surface area (Å²) in [6, 6.07) is 3.50. The summed E-state index contributed by atoms with van der Waals surface area (Å²) in [5.41, 5.74) is 0.348. The lowest BCUT2D eigenvalue weighted by Crippen LogP contribution is -2.32. The first-order valence-corrected chi connectivity index (χ1v) is 7.17. The Hall–Kier alpha value is -0.690. The molecule has 18 heavy (non-hydrogen) atoms. The third-order valence-electron chi connectivity index (χ3n) is 2.27. The summed E-state index contributed by atoms with van der Waals surface area (Å²) >= 11 is 5.83. The van der Waals surface area contributed by atoms with E-state index in [1.807, 2.05) is 0 Å². The van der Waals surface area contributed by atoms with Gasteiger partial charge in [-0.15, -0.1) is 11.6 Å². The second-order valence-electron chi connectivity index (χ2n) is 3.81. The van der Waals surface area contributed by atoms with Crippen molar-refractivity contribution < 1.29 is 17.5 Å². The van der Waals surface area contributed by atoms with Gasteiger partial charge in [0.1, 0.15) is 5.82 Å². The molecule has 0 aliphatic rings. The lowest BCUT2D eigenvalue weighted by molar-refractivity contribution is 0.198. The fraction of sp³-hybridized carbons (Fsp3) is 0.455. The van der Waals surface area contributed by atoms with Gasteiger partial charge in [0, 0.05) is 13.7 Å². The van der Waals surface area contributed by atoms with Crippen LogP contribution in [0, 0.1) is 12.7 Å². The molecule has 0 bridgehead atoms. The van der Waals surface area contributed by atoms with E-state index in [4.69, 9.17) is 16.3 Å². The first-order valence-electron chi connectivity index (χ1n) is 5.25. The Bertz CT molecular complexity index is 507. The number of rotatable bonds is 6. The van der Waals surface area contributed by atoms with Gasteiger partial charge in [0.05, 0.1) is 16.9 Å². The zero-order chi connectivity index (χ0) is 13.8. The van der Waals surface area contributed by atoms with E-state index in [2.05, 4.69) is 4.72 Å². The molecule has 0 aliphatic heterocycles. The van der Waals surface area contributed by atoms with Gasteiger partial charge in [-0.05, 0) is 30.7 Å². The zero-order valence-electron chi connectivity index (χ0n) is 10.1.